The highest BCUT2D eigenvalue weighted by molar-refractivity contribution is 7.86. The summed E-state index contributed by atoms with van der Waals surface area (Å²) in [6.07, 6.45) is -3.57. The number of amides is 1. The number of aliphatic hydroxyl groups is 1. The molecule has 1 amide bonds. The zero-order valence-electron chi connectivity index (χ0n) is 13.9. The Kier molecular flexibility index (Phi) is 6.49. The fourth-order valence-corrected chi connectivity index (χ4v) is 3.32. The van der Waals surface area contributed by atoms with Gasteiger partial charge in [-0.25, -0.2) is 0 Å². The molecule has 0 aromatic heterocycles. The number of carbonyl (C=O) groups excluding carboxylic acids is 1. The quantitative estimate of drug-likeness (QED) is 0.529. The Bertz CT molecular complexity index is 682. The zero-order chi connectivity index (χ0) is 18.6. The first kappa shape index (κ1) is 19.8. The standard InChI is InChI=1S/C15H22N2O7S/c1-22-13-11(17-14(18)9-6-4-3-5-7-9)15(19)23-10(8-16)12(13)24-25(2,20)21/h3-7,10-13,15,19H,8,16H2,1-2H3,(H,17,18)/t10-,11+,12-,13+,15-/m1/s1. The van der Waals surface area contributed by atoms with Crippen LogP contribution in [0.2, 0.25) is 0 Å². The second kappa shape index (κ2) is 8.21. The van der Waals surface area contributed by atoms with Crippen LogP contribution >= 0.6 is 0 Å². The number of methoxy groups -OCH3 is 1. The van der Waals surface area contributed by atoms with E-state index in [1.165, 1.54) is 7.11 Å². The highest BCUT2D eigenvalue weighted by atomic mass is 32.2. The lowest BCUT2D eigenvalue weighted by Crippen LogP contribution is -2.66. The number of nitrogens with two attached hydrogens (primary N) is 1. The molecule has 0 unspecified atom stereocenters. The minimum atomic E-state index is -3.84. The third-order valence-electron chi connectivity index (χ3n) is 3.79. The van der Waals surface area contributed by atoms with E-state index in [9.17, 15) is 18.3 Å². The fourth-order valence-electron chi connectivity index (χ4n) is 2.69. The minimum absolute atomic E-state index is 0.101. The summed E-state index contributed by atoms with van der Waals surface area (Å²) in [5, 5.41) is 12.8. The van der Waals surface area contributed by atoms with Crippen molar-refractivity contribution in [1.29, 1.82) is 0 Å². The van der Waals surface area contributed by atoms with Crippen molar-refractivity contribution >= 4 is 16.0 Å². The lowest BCUT2D eigenvalue weighted by molar-refractivity contribution is -0.241. The molecule has 1 aromatic rings. The van der Waals surface area contributed by atoms with E-state index in [-0.39, 0.29) is 6.54 Å². The molecule has 2 rings (SSSR count). The highest BCUT2D eigenvalue weighted by Gasteiger charge is 2.48. The predicted octanol–water partition coefficient (Wildman–Crippen LogP) is -1.18. The van der Waals surface area contributed by atoms with Crippen molar-refractivity contribution in [1.82, 2.24) is 5.32 Å². The Morgan fingerprint density at radius 3 is 2.48 bits per heavy atom. The van der Waals surface area contributed by atoms with Gasteiger partial charge in [-0.1, -0.05) is 18.2 Å². The molecule has 0 spiro atoms. The molecule has 1 aromatic carbocycles. The topological polar surface area (TPSA) is 137 Å². The van der Waals surface area contributed by atoms with Crippen LogP contribution in [0.1, 0.15) is 10.4 Å². The maximum atomic E-state index is 12.3. The molecule has 0 bridgehead atoms. The molecule has 10 heteroatoms. The molecule has 0 radical (unpaired) electrons. The maximum absolute atomic E-state index is 12.3. The highest BCUT2D eigenvalue weighted by Crippen LogP contribution is 2.25. The van der Waals surface area contributed by atoms with Gasteiger partial charge in [-0.05, 0) is 12.1 Å². The first-order valence-corrected chi connectivity index (χ1v) is 9.39. The van der Waals surface area contributed by atoms with Crippen LogP contribution in [0.5, 0.6) is 0 Å². The second-order valence-electron chi connectivity index (χ2n) is 5.63. The van der Waals surface area contributed by atoms with Crippen molar-refractivity contribution in [2.45, 2.75) is 30.6 Å². The number of carbonyl (C=O) groups is 1. The van der Waals surface area contributed by atoms with Gasteiger partial charge in [-0.15, -0.1) is 0 Å². The Labute approximate surface area is 146 Å². The second-order valence-corrected chi connectivity index (χ2v) is 7.23. The lowest BCUT2D eigenvalue weighted by Gasteiger charge is -2.43. The SMILES string of the molecule is CO[C@H]1[C@H](NC(=O)c2ccccc2)[C@H](O)O[C@H](CN)[C@H]1OS(C)(=O)=O. The van der Waals surface area contributed by atoms with Gasteiger partial charge in [0.2, 0.25) is 0 Å². The summed E-state index contributed by atoms with van der Waals surface area (Å²) < 4.78 is 38.7. The molecule has 0 saturated carbocycles. The number of aliphatic hydroxyl groups excluding tert-OH is 1. The summed E-state index contributed by atoms with van der Waals surface area (Å²) in [6, 6.07) is 7.29. The zero-order valence-corrected chi connectivity index (χ0v) is 14.7. The molecule has 1 fully saturated rings. The first-order chi connectivity index (χ1) is 11.8. The third-order valence-corrected chi connectivity index (χ3v) is 4.36. The van der Waals surface area contributed by atoms with Crippen molar-refractivity contribution in [3.8, 4) is 0 Å². The van der Waals surface area contributed by atoms with Gasteiger partial charge in [-0.3, -0.25) is 8.98 Å². The number of hydrogen-bond acceptors (Lipinski definition) is 8. The summed E-state index contributed by atoms with van der Waals surface area (Å²) in [7, 11) is -2.53. The van der Waals surface area contributed by atoms with Crippen LogP contribution in [0.25, 0.3) is 0 Å². The molecule has 1 aliphatic rings. The molecular weight excluding hydrogens is 352 g/mol. The van der Waals surface area contributed by atoms with Gasteiger partial charge in [-0.2, -0.15) is 8.42 Å². The van der Waals surface area contributed by atoms with Crippen LogP contribution < -0.4 is 11.1 Å². The van der Waals surface area contributed by atoms with Crippen LogP contribution in [0.3, 0.4) is 0 Å². The van der Waals surface area contributed by atoms with E-state index >= 15 is 0 Å². The number of ether oxygens (including phenoxy) is 2. The molecular formula is C15H22N2O7S. The van der Waals surface area contributed by atoms with Crippen molar-refractivity contribution in [2.24, 2.45) is 5.73 Å². The van der Waals surface area contributed by atoms with E-state index < -0.39 is 46.7 Å². The van der Waals surface area contributed by atoms with Crippen LogP contribution in [0, 0.1) is 0 Å². The molecule has 4 N–H and O–H groups in total. The maximum Gasteiger partial charge on any atom is 0.264 e. The van der Waals surface area contributed by atoms with Gasteiger partial charge >= 0.3 is 0 Å². The Morgan fingerprint density at radius 2 is 1.96 bits per heavy atom. The molecule has 0 aliphatic carbocycles. The van der Waals surface area contributed by atoms with Crippen molar-refractivity contribution in [3.63, 3.8) is 0 Å². The average Bonchev–Trinajstić information content (AvgIpc) is 2.57. The molecule has 1 saturated heterocycles. The Morgan fingerprint density at radius 1 is 1.32 bits per heavy atom. The monoisotopic (exact) mass is 374 g/mol. The van der Waals surface area contributed by atoms with Crippen LogP contribution in [-0.4, -0.2) is 70.0 Å². The fraction of sp³-hybridized carbons (Fsp3) is 0.533. The molecule has 25 heavy (non-hydrogen) atoms. The molecule has 140 valence electrons. The predicted molar refractivity (Wildman–Crippen MR) is 88.1 cm³/mol. The largest absolute Gasteiger partial charge is 0.376 e. The van der Waals surface area contributed by atoms with Crippen LogP contribution in [0.15, 0.2) is 30.3 Å². The first-order valence-electron chi connectivity index (χ1n) is 7.57. The summed E-state index contributed by atoms with van der Waals surface area (Å²) >= 11 is 0. The van der Waals surface area contributed by atoms with Crippen molar-refractivity contribution in [3.05, 3.63) is 35.9 Å². The Balaban J connectivity index is 2.24. The van der Waals surface area contributed by atoms with Gasteiger partial charge in [0.05, 0.1) is 6.26 Å². The molecule has 1 aliphatic heterocycles. The Hall–Kier alpha value is -1.56. The average molecular weight is 374 g/mol. The number of nitrogens with one attached hydrogen (secondary N) is 1. The number of rotatable bonds is 6. The van der Waals surface area contributed by atoms with Gasteiger partial charge in [0, 0.05) is 19.2 Å². The van der Waals surface area contributed by atoms with E-state index in [1.807, 2.05) is 0 Å². The lowest BCUT2D eigenvalue weighted by atomic mass is 9.96. The van der Waals surface area contributed by atoms with E-state index in [0.29, 0.717) is 5.56 Å². The summed E-state index contributed by atoms with van der Waals surface area (Å²) in [5.41, 5.74) is 5.94. The van der Waals surface area contributed by atoms with E-state index in [2.05, 4.69) is 5.32 Å². The van der Waals surface area contributed by atoms with Crippen molar-refractivity contribution < 1.29 is 32.0 Å². The van der Waals surface area contributed by atoms with Crippen LogP contribution in [-0.2, 0) is 23.8 Å². The normalized spacial score (nSPS) is 30.0. The van der Waals surface area contributed by atoms with Gasteiger partial charge < -0.3 is 25.6 Å². The molecule has 5 atom stereocenters. The molecule has 1 heterocycles. The van der Waals surface area contributed by atoms with Gasteiger partial charge in [0.25, 0.3) is 16.0 Å². The number of hydrogen-bond donors (Lipinski definition) is 3. The van der Waals surface area contributed by atoms with Gasteiger partial charge in [0.1, 0.15) is 24.4 Å². The number of benzene rings is 1. The molecule has 9 nitrogen and oxygen atoms in total. The van der Waals surface area contributed by atoms with E-state index in [0.717, 1.165) is 6.26 Å². The van der Waals surface area contributed by atoms with Crippen molar-refractivity contribution in [2.75, 3.05) is 19.9 Å². The summed E-state index contributed by atoms with van der Waals surface area (Å²) in [6.45, 7) is -0.101. The summed E-state index contributed by atoms with van der Waals surface area (Å²) in [5.74, 6) is -0.473. The smallest absolute Gasteiger partial charge is 0.264 e. The third kappa shape index (κ3) is 4.97. The van der Waals surface area contributed by atoms with Gasteiger partial charge in [0.15, 0.2) is 6.29 Å². The van der Waals surface area contributed by atoms with E-state index in [1.54, 1.807) is 30.3 Å². The summed E-state index contributed by atoms with van der Waals surface area (Å²) in [4.78, 5) is 12.3. The van der Waals surface area contributed by atoms with Crippen LogP contribution in [0.4, 0.5) is 0 Å². The minimum Gasteiger partial charge on any atom is -0.376 e. The van der Waals surface area contributed by atoms with E-state index in [4.69, 9.17) is 19.4 Å².